The van der Waals surface area contributed by atoms with Crippen molar-refractivity contribution in [1.82, 2.24) is 19.9 Å². The number of aromatic nitrogens is 4. The highest BCUT2D eigenvalue weighted by atomic mass is 16.8. The normalized spacial score (nSPS) is 24.8. The van der Waals surface area contributed by atoms with Crippen LogP contribution >= 0.6 is 0 Å². The van der Waals surface area contributed by atoms with E-state index in [9.17, 15) is 0 Å². The summed E-state index contributed by atoms with van der Waals surface area (Å²) in [4.78, 5) is 18.7. The van der Waals surface area contributed by atoms with Crippen LogP contribution in [0.5, 0.6) is 0 Å². The van der Waals surface area contributed by atoms with Crippen LogP contribution in [0.2, 0.25) is 0 Å². The van der Waals surface area contributed by atoms with Crippen molar-refractivity contribution in [3.8, 4) is 0 Å². The highest BCUT2D eigenvalue weighted by molar-refractivity contribution is 5.95. The molecule has 0 amide bonds. The van der Waals surface area contributed by atoms with E-state index >= 15 is 0 Å². The minimum atomic E-state index is -0.645. The Balaban J connectivity index is 1.49. The van der Waals surface area contributed by atoms with Gasteiger partial charge in [0.1, 0.15) is 11.7 Å². The average Bonchev–Trinajstić information content (AvgIpc) is 3.84. The molecule has 6 aliphatic rings. The van der Waals surface area contributed by atoms with Crippen molar-refractivity contribution in [1.29, 1.82) is 0 Å². The molecule has 3 aromatic rings. The van der Waals surface area contributed by atoms with Crippen molar-refractivity contribution in [3.63, 3.8) is 0 Å². The summed E-state index contributed by atoms with van der Waals surface area (Å²) in [6.07, 6.45) is 13.2. The number of rotatable bonds is 8. The number of hydrogen-bond donors (Lipinski definition) is 2. The molecule has 6 heteroatoms. The molecule has 0 spiro atoms. The molecule has 10 bridgehead atoms. The SMILES string of the molecule is CCCCC1=C(C)c2cc3[nH]c(cc4nc(cc5[nH]c(cc1n2)c(CC)c5CC)C(CCCC)=C4C)c1c3C2C=CC1C1(C)OC(C)(C)OC21. The van der Waals surface area contributed by atoms with E-state index in [1.807, 2.05) is 0 Å². The summed E-state index contributed by atoms with van der Waals surface area (Å²) < 4.78 is 13.5. The monoisotopic (exact) mass is 670 g/mol. The maximum Gasteiger partial charge on any atom is 0.164 e. The van der Waals surface area contributed by atoms with Gasteiger partial charge in [0.2, 0.25) is 0 Å². The van der Waals surface area contributed by atoms with E-state index in [1.54, 1.807) is 0 Å². The Morgan fingerprint density at radius 1 is 0.660 bits per heavy atom. The molecule has 1 fully saturated rings. The van der Waals surface area contributed by atoms with E-state index in [4.69, 9.17) is 19.4 Å². The number of unbranched alkanes of at least 4 members (excludes halogenated alkanes) is 2. The number of aromatic amines is 2. The largest absolute Gasteiger partial charge is 0.355 e. The van der Waals surface area contributed by atoms with Crippen molar-refractivity contribution >= 4 is 44.4 Å². The van der Waals surface area contributed by atoms with E-state index in [1.165, 1.54) is 55.6 Å². The minimum Gasteiger partial charge on any atom is -0.355 e. The van der Waals surface area contributed by atoms with E-state index in [0.717, 1.165) is 85.2 Å². The Hall–Kier alpha value is -3.74. The predicted octanol–water partition coefficient (Wildman–Crippen LogP) is 11.3. The van der Waals surface area contributed by atoms with E-state index < -0.39 is 11.4 Å². The summed E-state index contributed by atoms with van der Waals surface area (Å²) in [6.45, 7) is 20.0. The number of allylic oxidation sites excluding steroid dienone is 4. The minimum absolute atomic E-state index is 0.0520. The molecule has 2 N–H and O–H groups in total. The number of H-pyrrole nitrogens is 2. The van der Waals surface area contributed by atoms with Crippen molar-refractivity contribution in [2.45, 2.75) is 143 Å². The number of nitrogens with one attached hydrogen (secondary N) is 2. The van der Waals surface area contributed by atoms with Gasteiger partial charge in [-0.1, -0.05) is 52.7 Å². The van der Waals surface area contributed by atoms with Crippen LogP contribution in [0.15, 0.2) is 36.4 Å². The second-order valence-electron chi connectivity index (χ2n) is 15.8. The summed E-state index contributed by atoms with van der Waals surface area (Å²) in [5.74, 6) is -0.520. The molecule has 262 valence electrons. The standard InChI is InChI=1S/C44H54N4O2/c1-10-14-16-28-24(5)32-20-38-40-30-18-19-31(44(9)42(30)49-43(7,8)50-44)41(40)39(48-38)21-33-25(6)29(17-15-11-2)37(46-33)23-35-27(13-4)26(12-3)34(47-35)22-36(28)45-32/h18-23,30-31,42,47-48H,10-17H2,1-9H3. The van der Waals surface area contributed by atoms with Crippen molar-refractivity contribution in [3.05, 3.63) is 81.4 Å². The molecule has 1 saturated heterocycles. The first-order chi connectivity index (χ1) is 24.0. The van der Waals surface area contributed by atoms with Gasteiger partial charge in [0.15, 0.2) is 5.79 Å². The molecule has 6 heterocycles. The molecule has 0 aromatic carbocycles. The third-order valence-corrected chi connectivity index (χ3v) is 12.1. The van der Waals surface area contributed by atoms with Crippen LogP contribution in [0.4, 0.5) is 0 Å². The summed E-state index contributed by atoms with van der Waals surface area (Å²) in [5.41, 5.74) is 19.1. The van der Waals surface area contributed by atoms with E-state index in [-0.39, 0.29) is 17.9 Å². The molecule has 4 atom stereocenters. The van der Waals surface area contributed by atoms with Crippen LogP contribution in [0.25, 0.3) is 44.4 Å². The van der Waals surface area contributed by atoms with E-state index in [2.05, 4.69) is 109 Å². The summed E-state index contributed by atoms with van der Waals surface area (Å²) in [6, 6.07) is 9.28. The van der Waals surface area contributed by atoms with Crippen LogP contribution in [-0.4, -0.2) is 37.4 Å². The molecule has 0 saturated carbocycles. The fourth-order valence-electron chi connectivity index (χ4n) is 9.69. The molecule has 3 aliphatic heterocycles. The second-order valence-corrected chi connectivity index (χ2v) is 15.8. The maximum absolute atomic E-state index is 6.79. The van der Waals surface area contributed by atoms with Crippen LogP contribution in [0, 0.1) is 0 Å². The zero-order chi connectivity index (χ0) is 35.1. The lowest BCUT2D eigenvalue weighted by Gasteiger charge is -2.46. The Morgan fingerprint density at radius 2 is 1.16 bits per heavy atom. The first-order valence-corrected chi connectivity index (χ1v) is 19.3. The van der Waals surface area contributed by atoms with Gasteiger partial charge >= 0.3 is 0 Å². The molecule has 4 unspecified atom stereocenters. The second kappa shape index (κ2) is 12.2. The van der Waals surface area contributed by atoms with Crippen LogP contribution < -0.4 is 0 Å². The van der Waals surface area contributed by atoms with Gasteiger partial charge in [-0.2, -0.15) is 0 Å². The van der Waals surface area contributed by atoms with Crippen molar-refractivity contribution < 1.29 is 9.47 Å². The average molecular weight is 671 g/mol. The van der Waals surface area contributed by atoms with Gasteiger partial charge in [0, 0.05) is 33.9 Å². The lowest BCUT2D eigenvalue weighted by Crippen LogP contribution is -2.50. The van der Waals surface area contributed by atoms with Crippen molar-refractivity contribution in [2.75, 3.05) is 0 Å². The molecule has 9 rings (SSSR count). The third-order valence-electron chi connectivity index (χ3n) is 12.1. The highest BCUT2D eigenvalue weighted by Crippen LogP contribution is 2.60. The van der Waals surface area contributed by atoms with Gasteiger partial charge in [0.05, 0.1) is 22.8 Å². The Morgan fingerprint density at radius 3 is 1.68 bits per heavy atom. The zero-order valence-corrected chi connectivity index (χ0v) is 31.6. The van der Waals surface area contributed by atoms with Gasteiger partial charge < -0.3 is 19.4 Å². The maximum atomic E-state index is 6.79. The molecular formula is C44H54N4O2. The molecule has 3 aromatic heterocycles. The number of nitrogens with zero attached hydrogens (tertiary/aromatic N) is 2. The third kappa shape index (κ3) is 5.04. The highest BCUT2D eigenvalue weighted by Gasteiger charge is 2.62. The van der Waals surface area contributed by atoms with Gasteiger partial charge in [-0.3, -0.25) is 0 Å². The fraction of sp³-hybridized carbons (Fsp3) is 0.500. The molecule has 50 heavy (non-hydrogen) atoms. The number of ether oxygens (including phenoxy) is 2. The molecular weight excluding hydrogens is 617 g/mol. The van der Waals surface area contributed by atoms with E-state index in [0.29, 0.717) is 0 Å². The van der Waals surface area contributed by atoms with Gasteiger partial charge in [-0.05, 0) is 142 Å². The first-order valence-electron chi connectivity index (χ1n) is 19.3. The van der Waals surface area contributed by atoms with Crippen LogP contribution in [0.3, 0.4) is 0 Å². The lowest BCUT2D eigenvalue weighted by molar-refractivity contribution is -0.161. The van der Waals surface area contributed by atoms with Crippen LogP contribution in [-0.2, 0) is 22.3 Å². The Kier molecular flexibility index (Phi) is 8.15. The smallest absolute Gasteiger partial charge is 0.164 e. The Labute approximate surface area is 297 Å². The van der Waals surface area contributed by atoms with Crippen LogP contribution in [0.1, 0.15) is 158 Å². The molecule has 6 nitrogen and oxygen atoms in total. The van der Waals surface area contributed by atoms with Gasteiger partial charge in [-0.15, -0.1) is 0 Å². The van der Waals surface area contributed by atoms with Crippen molar-refractivity contribution in [2.24, 2.45) is 0 Å². The molecule has 0 radical (unpaired) electrons. The Bertz CT molecular complexity index is 2160. The molecule has 3 aliphatic carbocycles. The number of hydrogen-bond acceptors (Lipinski definition) is 4. The fourth-order valence-corrected chi connectivity index (χ4v) is 9.69. The number of aryl methyl sites for hydroxylation is 2. The van der Waals surface area contributed by atoms with Gasteiger partial charge in [-0.25, -0.2) is 9.97 Å². The summed E-state index contributed by atoms with van der Waals surface area (Å²) >= 11 is 0. The van der Waals surface area contributed by atoms with Gasteiger partial charge in [0.25, 0.3) is 0 Å². The zero-order valence-electron chi connectivity index (χ0n) is 31.6. The predicted molar refractivity (Wildman–Crippen MR) is 207 cm³/mol. The first kappa shape index (κ1) is 33.4. The summed E-state index contributed by atoms with van der Waals surface area (Å²) in [5, 5.41) is 0. The quantitative estimate of drug-likeness (QED) is 0.234. The number of fused-ring (bicyclic) bond motifs is 8. The lowest BCUT2D eigenvalue weighted by atomic mass is 9.62. The summed E-state index contributed by atoms with van der Waals surface area (Å²) in [7, 11) is 0. The topological polar surface area (TPSA) is 75.8 Å².